The van der Waals surface area contributed by atoms with Crippen LogP contribution in [0.3, 0.4) is 0 Å². The van der Waals surface area contributed by atoms with Crippen LogP contribution < -0.4 is 10.6 Å². The lowest BCUT2D eigenvalue weighted by atomic mass is 9.95. The van der Waals surface area contributed by atoms with Gasteiger partial charge in [0, 0.05) is 25.6 Å². The van der Waals surface area contributed by atoms with Crippen LogP contribution in [0.4, 0.5) is 4.79 Å². The van der Waals surface area contributed by atoms with Crippen molar-refractivity contribution in [2.45, 2.75) is 53.1 Å². The molecule has 0 atom stereocenters. The molecule has 0 unspecified atom stereocenters. The molecule has 0 aromatic heterocycles. The molecule has 1 aliphatic rings. The van der Waals surface area contributed by atoms with Crippen LogP contribution in [0.1, 0.15) is 47.5 Å². The highest BCUT2D eigenvalue weighted by atomic mass is 16.6. The van der Waals surface area contributed by atoms with Crippen molar-refractivity contribution in [3.63, 3.8) is 0 Å². The zero-order valence-corrected chi connectivity index (χ0v) is 15.3. The predicted molar refractivity (Wildman–Crippen MR) is 91.2 cm³/mol. The van der Waals surface area contributed by atoms with E-state index in [2.05, 4.69) is 29.4 Å². The second kappa shape index (κ2) is 9.11. The second-order valence-electron chi connectivity index (χ2n) is 7.69. The van der Waals surface area contributed by atoms with Crippen LogP contribution in [0.2, 0.25) is 0 Å². The largest absolute Gasteiger partial charge is 0.444 e. The van der Waals surface area contributed by atoms with Crippen molar-refractivity contribution in [2.24, 2.45) is 11.8 Å². The summed E-state index contributed by atoms with van der Waals surface area (Å²) in [6.07, 6.45) is 1.38. The van der Waals surface area contributed by atoms with E-state index >= 15 is 0 Å². The normalized spacial score (nSPS) is 17.1. The molecule has 1 saturated heterocycles. The number of nitrogens with one attached hydrogen (secondary N) is 2. The fourth-order valence-corrected chi connectivity index (χ4v) is 2.70. The molecule has 0 aliphatic carbocycles. The summed E-state index contributed by atoms with van der Waals surface area (Å²) in [5.41, 5.74) is -0.503. The highest BCUT2D eigenvalue weighted by molar-refractivity contribution is 5.78. The Kier molecular flexibility index (Phi) is 7.82. The van der Waals surface area contributed by atoms with Crippen molar-refractivity contribution in [1.29, 1.82) is 0 Å². The summed E-state index contributed by atoms with van der Waals surface area (Å²) in [6, 6.07) is 0. The van der Waals surface area contributed by atoms with Gasteiger partial charge in [-0.25, -0.2) is 4.79 Å². The average Bonchev–Trinajstić information content (AvgIpc) is 2.41. The second-order valence-corrected chi connectivity index (χ2v) is 7.69. The van der Waals surface area contributed by atoms with Crippen LogP contribution in [0, 0.1) is 11.8 Å². The van der Waals surface area contributed by atoms with Gasteiger partial charge in [0.15, 0.2) is 0 Å². The Morgan fingerprint density at radius 3 is 2.22 bits per heavy atom. The average molecular weight is 327 g/mol. The van der Waals surface area contributed by atoms with Gasteiger partial charge in [0.2, 0.25) is 5.91 Å². The first kappa shape index (κ1) is 19.7. The number of alkyl carbamates (subject to hydrolysis) is 1. The van der Waals surface area contributed by atoms with Gasteiger partial charge in [-0.1, -0.05) is 13.8 Å². The molecule has 6 nitrogen and oxygen atoms in total. The Balaban J connectivity index is 2.14. The lowest BCUT2D eigenvalue weighted by molar-refractivity contribution is -0.126. The molecule has 0 radical (unpaired) electrons. The SMILES string of the molecule is CC(C)CN1CCC(C(=O)NCCNC(=O)OC(C)(C)C)CC1. The summed E-state index contributed by atoms with van der Waals surface area (Å²) in [6.45, 7) is 13.8. The number of rotatable bonds is 6. The number of amides is 2. The van der Waals surface area contributed by atoms with Crippen LogP contribution in [-0.2, 0) is 9.53 Å². The Morgan fingerprint density at radius 1 is 1.13 bits per heavy atom. The number of hydrogen-bond acceptors (Lipinski definition) is 4. The minimum Gasteiger partial charge on any atom is -0.444 e. The van der Waals surface area contributed by atoms with Gasteiger partial charge in [0.05, 0.1) is 0 Å². The van der Waals surface area contributed by atoms with Gasteiger partial charge in [-0.05, 0) is 52.6 Å². The van der Waals surface area contributed by atoms with Gasteiger partial charge in [0.1, 0.15) is 5.60 Å². The molecule has 1 fully saturated rings. The minimum absolute atomic E-state index is 0.0972. The maximum Gasteiger partial charge on any atom is 0.407 e. The summed E-state index contributed by atoms with van der Waals surface area (Å²) < 4.78 is 5.14. The molecule has 1 heterocycles. The van der Waals surface area contributed by atoms with E-state index in [1.807, 2.05) is 20.8 Å². The van der Waals surface area contributed by atoms with Crippen molar-refractivity contribution in [1.82, 2.24) is 15.5 Å². The monoisotopic (exact) mass is 327 g/mol. The van der Waals surface area contributed by atoms with E-state index in [1.165, 1.54) is 0 Å². The van der Waals surface area contributed by atoms with E-state index in [4.69, 9.17) is 4.74 Å². The van der Waals surface area contributed by atoms with Gasteiger partial charge in [-0.2, -0.15) is 0 Å². The predicted octanol–water partition coefficient (Wildman–Crippen LogP) is 2.00. The summed E-state index contributed by atoms with van der Waals surface area (Å²) in [7, 11) is 0. The first-order chi connectivity index (χ1) is 10.7. The summed E-state index contributed by atoms with van der Waals surface area (Å²) in [4.78, 5) is 26.0. The Hall–Kier alpha value is -1.30. The zero-order valence-electron chi connectivity index (χ0n) is 15.3. The van der Waals surface area contributed by atoms with E-state index in [1.54, 1.807) is 0 Å². The molecule has 134 valence electrons. The van der Waals surface area contributed by atoms with Crippen molar-refractivity contribution in [2.75, 3.05) is 32.7 Å². The highest BCUT2D eigenvalue weighted by Crippen LogP contribution is 2.18. The van der Waals surface area contributed by atoms with E-state index in [0.29, 0.717) is 19.0 Å². The third-order valence-corrected chi connectivity index (χ3v) is 3.67. The first-order valence-corrected chi connectivity index (χ1v) is 8.64. The topological polar surface area (TPSA) is 70.7 Å². The van der Waals surface area contributed by atoms with Crippen LogP contribution in [0.25, 0.3) is 0 Å². The number of hydrogen-bond donors (Lipinski definition) is 2. The number of piperidine rings is 1. The quantitative estimate of drug-likeness (QED) is 0.732. The molecule has 0 aromatic carbocycles. The Morgan fingerprint density at radius 2 is 1.70 bits per heavy atom. The number of ether oxygens (including phenoxy) is 1. The van der Waals surface area contributed by atoms with E-state index < -0.39 is 11.7 Å². The molecule has 2 N–H and O–H groups in total. The van der Waals surface area contributed by atoms with Gasteiger partial charge in [-0.15, -0.1) is 0 Å². The van der Waals surface area contributed by atoms with Crippen LogP contribution in [0.5, 0.6) is 0 Å². The molecule has 6 heteroatoms. The molecule has 2 amide bonds. The summed E-state index contributed by atoms with van der Waals surface area (Å²) >= 11 is 0. The van der Waals surface area contributed by atoms with Crippen molar-refractivity contribution < 1.29 is 14.3 Å². The Labute approximate surface area is 140 Å². The highest BCUT2D eigenvalue weighted by Gasteiger charge is 2.24. The molecule has 0 bridgehead atoms. The van der Waals surface area contributed by atoms with Crippen LogP contribution in [-0.4, -0.2) is 55.2 Å². The molecule has 23 heavy (non-hydrogen) atoms. The number of carbonyl (C=O) groups excluding carboxylic acids is 2. The van der Waals surface area contributed by atoms with E-state index in [0.717, 1.165) is 32.5 Å². The molecule has 0 saturated carbocycles. The zero-order chi connectivity index (χ0) is 17.5. The summed E-state index contributed by atoms with van der Waals surface area (Å²) in [5, 5.41) is 5.54. The first-order valence-electron chi connectivity index (χ1n) is 8.64. The minimum atomic E-state index is -0.503. The van der Waals surface area contributed by atoms with Gasteiger partial charge in [0.25, 0.3) is 0 Å². The van der Waals surface area contributed by atoms with Gasteiger partial charge >= 0.3 is 6.09 Å². The van der Waals surface area contributed by atoms with Crippen LogP contribution in [0.15, 0.2) is 0 Å². The number of carbonyl (C=O) groups is 2. The molecule has 1 rings (SSSR count). The maximum atomic E-state index is 12.1. The fraction of sp³-hybridized carbons (Fsp3) is 0.882. The van der Waals surface area contributed by atoms with Crippen molar-refractivity contribution in [3.05, 3.63) is 0 Å². The van der Waals surface area contributed by atoms with Gasteiger partial charge < -0.3 is 20.3 Å². The number of likely N-dealkylation sites (tertiary alicyclic amines) is 1. The van der Waals surface area contributed by atoms with E-state index in [-0.39, 0.29) is 11.8 Å². The lowest BCUT2D eigenvalue weighted by Crippen LogP contribution is -2.43. The third kappa shape index (κ3) is 8.79. The maximum absolute atomic E-state index is 12.1. The third-order valence-electron chi connectivity index (χ3n) is 3.67. The van der Waals surface area contributed by atoms with E-state index in [9.17, 15) is 9.59 Å². The smallest absolute Gasteiger partial charge is 0.407 e. The molecule has 0 aromatic rings. The summed E-state index contributed by atoms with van der Waals surface area (Å²) in [5.74, 6) is 0.861. The molecule has 1 aliphatic heterocycles. The number of nitrogens with zero attached hydrogens (tertiary/aromatic N) is 1. The standard InChI is InChI=1S/C17H33N3O3/c1-13(2)12-20-10-6-14(7-11-20)15(21)18-8-9-19-16(22)23-17(3,4)5/h13-14H,6-12H2,1-5H3,(H,18,21)(H,19,22). The molecular weight excluding hydrogens is 294 g/mol. The fourth-order valence-electron chi connectivity index (χ4n) is 2.70. The van der Waals surface area contributed by atoms with Crippen molar-refractivity contribution >= 4 is 12.0 Å². The molecule has 0 spiro atoms. The van der Waals surface area contributed by atoms with Gasteiger partial charge in [-0.3, -0.25) is 4.79 Å². The molecular formula is C17H33N3O3. The van der Waals surface area contributed by atoms with Crippen LogP contribution >= 0.6 is 0 Å². The Bertz CT molecular complexity index is 383. The lowest BCUT2D eigenvalue weighted by Gasteiger charge is -2.32. The van der Waals surface area contributed by atoms with Crippen molar-refractivity contribution in [3.8, 4) is 0 Å².